The summed E-state index contributed by atoms with van der Waals surface area (Å²) in [5.74, 6) is -2.98. The van der Waals surface area contributed by atoms with Gasteiger partial charge in [0.1, 0.15) is 18.0 Å². The third-order valence-electron chi connectivity index (χ3n) is 5.51. The van der Waals surface area contributed by atoms with E-state index in [-0.39, 0.29) is 40.9 Å². The number of nitrogens with zero attached hydrogens (tertiary/aromatic N) is 4. The summed E-state index contributed by atoms with van der Waals surface area (Å²) < 4.78 is 0. The van der Waals surface area contributed by atoms with Crippen molar-refractivity contribution in [3.8, 4) is 0 Å². The van der Waals surface area contributed by atoms with Crippen molar-refractivity contribution in [3.63, 3.8) is 0 Å². The van der Waals surface area contributed by atoms with Gasteiger partial charge >= 0.3 is 5.95 Å². The Kier molecular flexibility index (Phi) is 4.98. The van der Waals surface area contributed by atoms with Gasteiger partial charge in [0.05, 0.1) is 28.8 Å². The van der Waals surface area contributed by atoms with E-state index in [1.807, 2.05) is 0 Å². The molecule has 0 bridgehead atoms. The van der Waals surface area contributed by atoms with Crippen LogP contribution in [0.5, 0.6) is 0 Å². The summed E-state index contributed by atoms with van der Waals surface area (Å²) in [5, 5.41) is 11.5. The highest BCUT2D eigenvalue weighted by molar-refractivity contribution is 6.21. The molecule has 2 aliphatic rings. The van der Waals surface area contributed by atoms with Gasteiger partial charge in [0, 0.05) is 6.42 Å². The Labute approximate surface area is 190 Å². The van der Waals surface area contributed by atoms with Crippen LogP contribution >= 0.6 is 0 Å². The SMILES string of the molecule is O=C1c2ccccc2C(=O)N1C[C@H](Cc1cnc([N+](=O)[O-])[nH]1)ON1C(=O)c2ccccc2C1=O. The molecule has 2 aromatic carbocycles. The second-order valence-corrected chi connectivity index (χ2v) is 7.64. The van der Waals surface area contributed by atoms with Crippen LogP contribution in [0.3, 0.4) is 0 Å². The van der Waals surface area contributed by atoms with Gasteiger partial charge < -0.3 is 10.1 Å². The van der Waals surface area contributed by atoms with E-state index in [0.29, 0.717) is 5.06 Å². The Morgan fingerprint density at radius 3 is 1.85 bits per heavy atom. The number of amides is 4. The Hall–Kier alpha value is -4.71. The summed E-state index contributed by atoms with van der Waals surface area (Å²) in [5.41, 5.74) is 1.02. The molecule has 0 fully saturated rings. The molecular formula is C22H15N5O7. The van der Waals surface area contributed by atoms with E-state index in [9.17, 15) is 29.3 Å². The van der Waals surface area contributed by atoms with Crippen LogP contribution in [-0.2, 0) is 11.3 Å². The maximum Gasteiger partial charge on any atom is 0.432 e. The molecule has 0 spiro atoms. The number of imide groups is 2. The first-order valence-electron chi connectivity index (χ1n) is 10.1. The van der Waals surface area contributed by atoms with E-state index >= 15 is 0 Å². The van der Waals surface area contributed by atoms with Crippen molar-refractivity contribution in [3.05, 3.63) is 92.8 Å². The summed E-state index contributed by atoms with van der Waals surface area (Å²) in [6.07, 6.45) is 0.00503. The van der Waals surface area contributed by atoms with E-state index in [4.69, 9.17) is 4.84 Å². The van der Waals surface area contributed by atoms with Crippen molar-refractivity contribution in [2.24, 2.45) is 0 Å². The lowest BCUT2D eigenvalue weighted by Gasteiger charge is -2.25. The van der Waals surface area contributed by atoms with E-state index in [1.165, 1.54) is 30.5 Å². The van der Waals surface area contributed by atoms with Crippen LogP contribution in [0.2, 0.25) is 0 Å². The Morgan fingerprint density at radius 1 is 0.882 bits per heavy atom. The van der Waals surface area contributed by atoms with Crippen LogP contribution in [0, 0.1) is 10.1 Å². The normalized spacial score (nSPS) is 15.6. The number of carbonyl (C=O) groups excluding carboxylic acids is 4. The molecule has 5 rings (SSSR count). The van der Waals surface area contributed by atoms with Gasteiger partial charge in [0.2, 0.25) is 0 Å². The number of aromatic amines is 1. The number of hydrogen-bond acceptors (Lipinski definition) is 8. The van der Waals surface area contributed by atoms with Gasteiger partial charge in [0.15, 0.2) is 0 Å². The first-order valence-corrected chi connectivity index (χ1v) is 10.1. The number of hydroxylamine groups is 2. The summed E-state index contributed by atoms with van der Waals surface area (Å²) >= 11 is 0. The largest absolute Gasteiger partial charge is 0.432 e. The second kappa shape index (κ2) is 8.01. The molecule has 1 aromatic heterocycles. The molecule has 12 heteroatoms. The number of rotatable bonds is 7. The van der Waals surface area contributed by atoms with Gasteiger partial charge in [-0.15, -0.1) is 5.06 Å². The van der Waals surface area contributed by atoms with Gasteiger partial charge in [-0.2, -0.15) is 0 Å². The first-order chi connectivity index (χ1) is 16.3. The van der Waals surface area contributed by atoms with E-state index in [1.54, 1.807) is 24.3 Å². The summed E-state index contributed by atoms with van der Waals surface area (Å²) in [4.78, 5) is 74.2. The fourth-order valence-electron chi connectivity index (χ4n) is 3.94. The smallest absolute Gasteiger partial charge is 0.390 e. The number of carbonyl (C=O) groups is 4. The highest BCUT2D eigenvalue weighted by atomic mass is 16.7. The van der Waals surface area contributed by atoms with E-state index in [2.05, 4.69) is 9.97 Å². The van der Waals surface area contributed by atoms with Crippen molar-refractivity contribution in [1.29, 1.82) is 0 Å². The molecule has 3 aromatic rings. The molecule has 2 aliphatic heterocycles. The van der Waals surface area contributed by atoms with Gasteiger partial charge in [-0.25, -0.2) is 4.98 Å². The van der Waals surface area contributed by atoms with Crippen LogP contribution in [0.25, 0.3) is 0 Å². The Bertz CT molecular complexity index is 1230. The molecule has 1 atom stereocenters. The predicted molar refractivity (Wildman–Crippen MR) is 113 cm³/mol. The van der Waals surface area contributed by atoms with Crippen molar-refractivity contribution < 1.29 is 28.9 Å². The average molecular weight is 461 g/mol. The van der Waals surface area contributed by atoms with Gasteiger partial charge in [0.25, 0.3) is 23.6 Å². The zero-order valence-electron chi connectivity index (χ0n) is 17.3. The zero-order chi connectivity index (χ0) is 24.0. The summed E-state index contributed by atoms with van der Waals surface area (Å²) in [6, 6.07) is 12.5. The fourth-order valence-corrected chi connectivity index (χ4v) is 3.94. The second-order valence-electron chi connectivity index (χ2n) is 7.64. The molecule has 34 heavy (non-hydrogen) atoms. The minimum atomic E-state index is -1.09. The lowest BCUT2D eigenvalue weighted by atomic mass is 10.1. The summed E-state index contributed by atoms with van der Waals surface area (Å²) in [7, 11) is 0. The molecule has 0 saturated heterocycles. The van der Waals surface area contributed by atoms with E-state index < -0.39 is 40.6 Å². The number of nitrogens with one attached hydrogen (secondary N) is 1. The first kappa shape index (κ1) is 21.2. The molecule has 4 amide bonds. The van der Waals surface area contributed by atoms with Crippen LogP contribution < -0.4 is 0 Å². The van der Waals surface area contributed by atoms with Gasteiger partial charge in [-0.05, 0) is 29.2 Å². The van der Waals surface area contributed by atoms with Crippen LogP contribution in [0.1, 0.15) is 47.1 Å². The lowest BCUT2D eigenvalue weighted by molar-refractivity contribution is -0.393. The highest BCUT2D eigenvalue weighted by Gasteiger charge is 2.41. The van der Waals surface area contributed by atoms with Gasteiger partial charge in [-0.1, -0.05) is 29.2 Å². The topological polar surface area (TPSA) is 156 Å². The molecule has 170 valence electrons. The predicted octanol–water partition coefficient (Wildman–Crippen LogP) is 1.75. The molecule has 12 nitrogen and oxygen atoms in total. The minimum Gasteiger partial charge on any atom is -0.390 e. The number of imidazole rings is 1. The number of nitro groups is 1. The third-order valence-corrected chi connectivity index (χ3v) is 5.51. The molecule has 0 aliphatic carbocycles. The maximum atomic E-state index is 12.8. The van der Waals surface area contributed by atoms with Crippen molar-refractivity contribution in [2.45, 2.75) is 12.5 Å². The van der Waals surface area contributed by atoms with Crippen molar-refractivity contribution >= 4 is 29.6 Å². The zero-order valence-corrected chi connectivity index (χ0v) is 17.3. The molecule has 0 saturated carbocycles. The number of hydrogen-bond donors (Lipinski definition) is 1. The molecule has 0 unspecified atom stereocenters. The van der Waals surface area contributed by atoms with Crippen molar-refractivity contribution in [2.75, 3.05) is 6.54 Å². The molecule has 1 N–H and O–H groups in total. The molecule has 3 heterocycles. The lowest BCUT2D eigenvalue weighted by Crippen LogP contribution is -2.43. The minimum absolute atomic E-state index is 0.109. The monoisotopic (exact) mass is 461 g/mol. The van der Waals surface area contributed by atoms with Crippen LogP contribution in [-0.4, -0.2) is 61.1 Å². The fraction of sp³-hybridized carbons (Fsp3) is 0.136. The number of fused-ring (bicyclic) bond motifs is 2. The van der Waals surface area contributed by atoms with Crippen molar-refractivity contribution in [1.82, 2.24) is 19.9 Å². The molecule has 0 radical (unpaired) electrons. The number of H-pyrrole nitrogens is 1. The Morgan fingerprint density at radius 2 is 1.38 bits per heavy atom. The van der Waals surface area contributed by atoms with Crippen LogP contribution in [0.15, 0.2) is 54.7 Å². The van der Waals surface area contributed by atoms with E-state index in [0.717, 1.165) is 4.90 Å². The Balaban J connectivity index is 1.43. The quantitative estimate of drug-likeness (QED) is 0.317. The number of benzene rings is 2. The summed E-state index contributed by atoms with van der Waals surface area (Å²) in [6.45, 7) is -0.313. The number of aromatic nitrogens is 2. The maximum absolute atomic E-state index is 12.8. The average Bonchev–Trinajstić information content (AvgIpc) is 3.47. The third kappa shape index (κ3) is 3.42. The molecular weight excluding hydrogens is 446 g/mol. The highest BCUT2D eigenvalue weighted by Crippen LogP contribution is 2.27. The van der Waals surface area contributed by atoms with Gasteiger partial charge in [-0.3, -0.25) is 28.9 Å². The van der Waals surface area contributed by atoms with Crippen LogP contribution in [0.4, 0.5) is 5.95 Å². The standard InChI is InChI=1S/C22H15N5O7/c28-18-14-5-1-2-6-15(14)19(29)25(18)11-13(9-12-10-23-22(24-12)27(32)33)34-26-20(30)16-7-3-4-8-17(16)21(26)31/h1-8,10,13H,9,11H2,(H,23,24)/t13-/m0/s1.